The smallest absolute Gasteiger partial charge is 0.115 e. The Hall–Kier alpha value is -1.51. The van der Waals surface area contributed by atoms with Crippen LogP contribution in [-0.2, 0) is 11.8 Å². The van der Waals surface area contributed by atoms with Crippen LogP contribution >= 0.6 is 12.4 Å². The first kappa shape index (κ1) is 18.8. The van der Waals surface area contributed by atoms with Gasteiger partial charge >= 0.3 is 0 Å². The van der Waals surface area contributed by atoms with Gasteiger partial charge < -0.3 is 5.11 Å². The molecule has 1 aliphatic heterocycles. The molecule has 2 nitrogen and oxygen atoms in total. The maximum absolute atomic E-state index is 10.2. The minimum Gasteiger partial charge on any atom is -0.508 e. The van der Waals surface area contributed by atoms with E-state index in [1.165, 1.54) is 48.9 Å². The van der Waals surface area contributed by atoms with Crippen molar-refractivity contribution in [3.05, 3.63) is 65.2 Å². The van der Waals surface area contributed by atoms with Crippen molar-refractivity contribution in [1.29, 1.82) is 0 Å². The molecule has 2 fully saturated rings. The zero-order chi connectivity index (χ0) is 17.7. The van der Waals surface area contributed by atoms with Gasteiger partial charge in [-0.15, -0.1) is 12.4 Å². The molecule has 0 radical (unpaired) electrons. The van der Waals surface area contributed by atoms with Crippen LogP contribution in [0.25, 0.3) is 0 Å². The highest BCUT2D eigenvalue weighted by Crippen LogP contribution is 2.54. The lowest BCUT2D eigenvalue weighted by molar-refractivity contribution is 0.0111. The van der Waals surface area contributed by atoms with Crippen LogP contribution in [0.2, 0.25) is 0 Å². The Kier molecular flexibility index (Phi) is 4.98. The third-order valence-corrected chi connectivity index (χ3v) is 7.63. The van der Waals surface area contributed by atoms with Gasteiger partial charge in [-0.1, -0.05) is 56.2 Å². The molecule has 2 aliphatic carbocycles. The number of nitrogens with zero attached hydrogens (tertiary/aromatic N) is 1. The molecule has 27 heavy (non-hydrogen) atoms. The van der Waals surface area contributed by atoms with Gasteiger partial charge in [0.05, 0.1) is 0 Å². The van der Waals surface area contributed by atoms with E-state index >= 15 is 0 Å². The van der Waals surface area contributed by atoms with Crippen LogP contribution in [0.5, 0.6) is 5.75 Å². The summed E-state index contributed by atoms with van der Waals surface area (Å²) in [5.74, 6) is 0.969. The summed E-state index contributed by atoms with van der Waals surface area (Å²) in [7, 11) is 0. The Morgan fingerprint density at radius 1 is 1.04 bits per heavy atom. The number of likely N-dealkylation sites (tertiary alicyclic amines) is 1. The first-order valence-electron chi connectivity index (χ1n) is 10.3. The fourth-order valence-electron chi connectivity index (χ4n) is 6.36. The maximum atomic E-state index is 10.2. The van der Waals surface area contributed by atoms with E-state index in [0.29, 0.717) is 17.7 Å². The normalized spacial score (nSPS) is 30.6. The largest absolute Gasteiger partial charge is 0.508 e. The molecule has 0 amide bonds. The number of phenols is 1. The molecule has 0 aromatic heterocycles. The molecule has 3 heteroatoms. The van der Waals surface area contributed by atoms with E-state index in [-0.39, 0.29) is 17.8 Å². The van der Waals surface area contributed by atoms with Crippen molar-refractivity contribution < 1.29 is 5.11 Å². The zero-order valence-electron chi connectivity index (χ0n) is 16.1. The van der Waals surface area contributed by atoms with Gasteiger partial charge in [-0.05, 0) is 67.0 Å². The summed E-state index contributed by atoms with van der Waals surface area (Å²) in [6, 6.07) is 18.6. The number of benzene rings is 2. The van der Waals surface area contributed by atoms with E-state index in [1.807, 2.05) is 6.07 Å². The van der Waals surface area contributed by atoms with Crippen molar-refractivity contribution in [2.24, 2.45) is 5.92 Å². The molecule has 1 saturated heterocycles. The van der Waals surface area contributed by atoms with Gasteiger partial charge in [0.25, 0.3) is 0 Å². The number of rotatable bonds is 2. The highest BCUT2D eigenvalue weighted by Gasteiger charge is 2.53. The van der Waals surface area contributed by atoms with E-state index < -0.39 is 0 Å². The third-order valence-electron chi connectivity index (χ3n) is 7.63. The quantitative estimate of drug-likeness (QED) is 0.759. The van der Waals surface area contributed by atoms with Crippen LogP contribution in [0.1, 0.15) is 55.7 Å². The van der Waals surface area contributed by atoms with Crippen molar-refractivity contribution in [2.75, 3.05) is 6.54 Å². The minimum absolute atomic E-state index is 0. The van der Waals surface area contributed by atoms with E-state index in [4.69, 9.17) is 0 Å². The van der Waals surface area contributed by atoms with Gasteiger partial charge in [0, 0.05) is 17.5 Å². The molecule has 5 rings (SSSR count). The molecular formula is C24H30ClNO. The first-order chi connectivity index (χ1) is 12.7. The average molecular weight is 384 g/mol. The second-order valence-corrected chi connectivity index (χ2v) is 8.67. The topological polar surface area (TPSA) is 23.5 Å². The molecule has 0 spiro atoms. The van der Waals surface area contributed by atoms with Gasteiger partial charge in [-0.2, -0.15) is 0 Å². The first-order valence-corrected chi connectivity index (χ1v) is 10.3. The molecule has 3 aliphatic rings. The van der Waals surface area contributed by atoms with Crippen molar-refractivity contribution >= 4 is 12.4 Å². The minimum atomic E-state index is 0. The SMILES string of the molecule is CC1C2Cc3ccc(O)cc3C1(c1ccccc1)CCN2C1CCCC1.Cl. The Balaban J connectivity index is 0.00000180. The van der Waals surface area contributed by atoms with Crippen molar-refractivity contribution in [2.45, 2.75) is 62.9 Å². The van der Waals surface area contributed by atoms with Crippen LogP contribution in [0, 0.1) is 5.92 Å². The van der Waals surface area contributed by atoms with Crippen molar-refractivity contribution in [1.82, 2.24) is 4.90 Å². The number of fused-ring (bicyclic) bond motifs is 4. The van der Waals surface area contributed by atoms with Crippen molar-refractivity contribution in [3.63, 3.8) is 0 Å². The van der Waals surface area contributed by atoms with Gasteiger partial charge in [0.15, 0.2) is 0 Å². The Morgan fingerprint density at radius 2 is 1.78 bits per heavy atom. The van der Waals surface area contributed by atoms with Crippen LogP contribution in [0.4, 0.5) is 0 Å². The lowest BCUT2D eigenvalue weighted by Gasteiger charge is -2.57. The van der Waals surface area contributed by atoms with Crippen LogP contribution in [0.3, 0.4) is 0 Å². The zero-order valence-corrected chi connectivity index (χ0v) is 16.9. The summed E-state index contributed by atoms with van der Waals surface area (Å²) < 4.78 is 0. The second kappa shape index (κ2) is 7.14. The fraction of sp³-hybridized carbons (Fsp3) is 0.500. The van der Waals surface area contributed by atoms with Crippen LogP contribution < -0.4 is 0 Å². The second-order valence-electron chi connectivity index (χ2n) is 8.67. The molecular weight excluding hydrogens is 354 g/mol. The molecule has 1 heterocycles. The highest BCUT2D eigenvalue weighted by molar-refractivity contribution is 5.85. The predicted octanol–water partition coefficient (Wildman–Crippen LogP) is 5.31. The van der Waals surface area contributed by atoms with Gasteiger partial charge in [0.2, 0.25) is 0 Å². The van der Waals surface area contributed by atoms with E-state index in [0.717, 1.165) is 18.9 Å². The Labute approximate surface area is 169 Å². The summed E-state index contributed by atoms with van der Waals surface area (Å²) in [5, 5.41) is 10.2. The predicted molar refractivity (Wildman–Crippen MR) is 113 cm³/mol. The van der Waals surface area contributed by atoms with Crippen molar-refractivity contribution in [3.8, 4) is 5.75 Å². The monoisotopic (exact) mass is 383 g/mol. The maximum Gasteiger partial charge on any atom is 0.115 e. The van der Waals surface area contributed by atoms with E-state index in [2.05, 4.69) is 54.3 Å². The van der Waals surface area contributed by atoms with Crippen LogP contribution in [0.15, 0.2) is 48.5 Å². The highest BCUT2D eigenvalue weighted by atomic mass is 35.5. The number of piperidine rings is 1. The molecule has 2 aromatic carbocycles. The number of phenolic OH excluding ortho intramolecular Hbond substituents is 1. The third kappa shape index (κ3) is 2.80. The van der Waals surface area contributed by atoms with Gasteiger partial charge in [-0.25, -0.2) is 0 Å². The number of hydrogen-bond acceptors (Lipinski definition) is 2. The van der Waals surface area contributed by atoms with E-state index in [1.54, 1.807) is 0 Å². The molecule has 3 unspecified atom stereocenters. The number of aromatic hydroxyl groups is 1. The summed E-state index contributed by atoms with van der Waals surface area (Å²) in [6.45, 7) is 3.65. The molecule has 144 valence electrons. The summed E-state index contributed by atoms with van der Waals surface area (Å²) in [6.07, 6.45) is 7.84. The molecule has 1 N–H and O–H groups in total. The molecule has 3 atom stereocenters. The number of halogens is 1. The Bertz CT molecular complexity index is 801. The lowest BCUT2D eigenvalue weighted by Crippen LogP contribution is -2.61. The Morgan fingerprint density at radius 3 is 2.52 bits per heavy atom. The van der Waals surface area contributed by atoms with Gasteiger partial charge in [-0.3, -0.25) is 4.90 Å². The summed E-state index contributed by atoms with van der Waals surface area (Å²) >= 11 is 0. The molecule has 1 saturated carbocycles. The molecule has 2 aromatic rings. The fourth-order valence-corrected chi connectivity index (χ4v) is 6.36. The van der Waals surface area contributed by atoms with Gasteiger partial charge in [0.1, 0.15) is 5.75 Å². The van der Waals surface area contributed by atoms with E-state index in [9.17, 15) is 5.11 Å². The summed E-state index contributed by atoms with van der Waals surface area (Å²) in [4.78, 5) is 2.86. The lowest BCUT2D eigenvalue weighted by atomic mass is 9.55. The average Bonchev–Trinajstić information content (AvgIpc) is 3.18. The summed E-state index contributed by atoms with van der Waals surface area (Å²) in [5.41, 5.74) is 4.28. The van der Waals surface area contributed by atoms with Crippen LogP contribution in [-0.4, -0.2) is 28.6 Å². The standard InChI is InChI=1S/C24H29NO.ClH/c1-17-23-15-18-11-12-21(26)16-22(18)24(17,19-7-3-2-4-8-19)13-14-25(23)20-9-5-6-10-20;/h2-4,7-8,11-12,16-17,20,23,26H,5-6,9-10,13-15H2,1H3;1H. The molecule has 2 bridgehead atoms. The number of hydrogen-bond donors (Lipinski definition) is 1.